The Morgan fingerprint density at radius 2 is 2.27 bits per heavy atom. The molecule has 0 aromatic rings. The molecular formula is C7H11BrN2O. The van der Waals surface area contributed by atoms with Crippen molar-refractivity contribution in [1.29, 1.82) is 5.26 Å². The quantitative estimate of drug-likeness (QED) is 0.721. The molecule has 0 fully saturated rings. The van der Waals surface area contributed by atoms with Crippen molar-refractivity contribution in [1.82, 2.24) is 5.32 Å². The van der Waals surface area contributed by atoms with E-state index in [0.29, 0.717) is 6.54 Å². The Balaban J connectivity index is 3.56. The van der Waals surface area contributed by atoms with E-state index in [2.05, 4.69) is 21.2 Å². The molecule has 62 valence electrons. The minimum absolute atomic E-state index is 0.0768. The van der Waals surface area contributed by atoms with Crippen molar-refractivity contribution in [3.05, 3.63) is 0 Å². The zero-order valence-electron chi connectivity index (χ0n) is 6.60. The lowest BCUT2D eigenvalue weighted by atomic mass is 10.2. The molecule has 0 saturated heterocycles. The lowest BCUT2D eigenvalue weighted by Gasteiger charge is -2.06. The third-order valence-corrected chi connectivity index (χ3v) is 1.58. The van der Waals surface area contributed by atoms with E-state index in [9.17, 15) is 4.79 Å². The van der Waals surface area contributed by atoms with Crippen LogP contribution < -0.4 is 5.32 Å². The van der Waals surface area contributed by atoms with Gasteiger partial charge < -0.3 is 5.32 Å². The van der Waals surface area contributed by atoms with Gasteiger partial charge in [0.1, 0.15) is 0 Å². The SMILES string of the molecule is CC(C#N)CNC(=O)C(C)Br. The number of halogens is 1. The largest absolute Gasteiger partial charge is 0.354 e. The maximum atomic E-state index is 10.9. The molecule has 0 heterocycles. The zero-order chi connectivity index (χ0) is 8.85. The number of hydrogen-bond donors (Lipinski definition) is 1. The van der Waals surface area contributed by atoms with Crippen molar-refractivity contribution >= 4 is 21.8 Å². The fourth-order valence-electron chi connectivity index (χ4n) is 0.440. The molecule has 3 nitrogen and oxygen atoms in total. The fourth-order valence-corrected chi connectivity index (χ4v) is 0.602. The number of alkyl halides is 1. The molecule has 0 bridgehead atoms. The van der Waals surface area contributed by atoms with Crippen molar-refractivity contribution in [2.45, 2.75) is 18.7 Å². The molecule has 2 unspecified atom stereocenters. The summed E-state index contributed by atoms with van der Waals surface area (Å²) in [5.74, 6) is -0.197. The van der Waals surface area contributed by atoms with Gasteiger partial charge in [0, 0.05) is 6.54 Å². The third kappa shape index (κ3) is 4.79. The second-order valence-electron chi connectivity index (χ2n) is 2.39. The molecule has 0 aliphatic carbocycles. The Hall–Kier alpha value is -0.560. The summed E-state index contributed by atoms with van der Waals surface area (Å²) in [6.45, 7) is 3.93. The van der Waals surface area contributed by atoms with Gasteiger partial charge in [-0.05, 0) is 13.8 Å². The van der Waals surface area contributed by atoms with Crippen molar-refractivity contribution < 1.29 is 4.79 Å². The minimum atomic E-state index is -0.187. The van der Waals surface area contributed by atoms with Gasteiger partial charge in [-0.15, -0.1) is 0 Å². The average molecular weight is 219 g/mol. The van der Waals surface area contributed by atoms with E-state index in [1.165, 1.54) is 0 Å². The standard InChI is InChI=1S/C7H11BrN2O/c1-5(3-9)4-10-7(11)6(2)8/h5-6H,4H2,1-2H3,(H,10,11). The number of nitrogens with zero attached hydrogens (tertiary/aromatic N) is 1. The molecule has 1 amide bonds. The van der Waals surface area contributed by atoms with E-state index in [4.69, 9.17) is 5.26 Å². The first-order chi connectivity index (χ1) is 5.07. The number of carbonyl (C=O) groups excluding carboxylic acids is 1. The van der Waals surface area contributed by atoms with Gasteiger partial charge >= 0.3 is 0 Å². The molecule has 0 radical (unpaired) electrons. The van der Waals surface area contributed by atoms with Gasteiger partial charge in [0.2, 0.25) is 5.91 Å². The second kappa shape index (κ2) is 5.14. The lowest BCUT2D eigenvalue weighted by molar-refractivity contribution is -0.120. The Bertz CT molecular complexity index is 174. The molecule has 4 heteroatoms. The number of nitriles is 1. The van der Waals surface area contributed by atoms with Crippen LogP contribution in [0, 0.1) is 17.2 Å². The van der Waals surface area contributed by atoms with E-state index in [1.807, 2.05) is 6.07 Å². The van der Waals surface area contributed by atoms with E-state index < -0.39 is 0 Å². The van der Waals surface area contributed by atoms with Crippen molar-refractivity contribution in [3.8, 4) is 6.07 Å². The molecule has 11 heavy (non-hydrogen) atoms. The summed E-state index contributed by atoms with van der Waals surface area (Å²) < 4.78 is 0. The summed E-state index contributed by atoms with van der Waals surface area (Å²) in [5, 5.41) is 11.0. The Morgan fingerprint density at radius 1 is 1.73 bits per heavy atom. The van der Waals surface area contributed by atoms with E-state index in [1.54, 1.807) is 13.8 Å². The summed E-state index contributed by atoms with van der Waals surface area (Å²) in [5.41, 5.74) is 0. The number of rotatable bonds is 3. The zero-order valence-corrected chi connectivity index (χ0v) is 8.18. The second-order valence-corrected chi connectivity index (χ2v) is 3.76. The number of hydrogen-bond acceptors (Lipinski definition) is 2. The lowest BCUT2D eigenvalue weighted by Crippen LogP contribution is -2.32. The normalized spacial score (nSPS) is 14.7. The Kier molecular flexibility index (Phi) is 4.88. The predicted octanol–water partition coefficient (Wildman–Crippen LogP) is 1.05. The van der Waals surface area contributed by atoms with Gasteiger partial charge in [0.05, 0.1) is 16.8 Å². The fraction of sp³-hybridized carbons (Fsp3) is 0.714. The number of amides is 1. The van der Waals surface area contributed by atoms with Crippen molar-refractivity contribution in [2.75, 3.05) is 6.54 Å². The van der Waals surface area contributed by atoms with Crippen LogP contribution in [0.3, 0.4) is 0 Å². The molecule has 0 saturated carbocycles. The highest BCUT2D eigenvalue weighted by molar-refractivity contribution is 9.10. The molecule has 0 rings (SSSR count). The third-order valence-electron chi connectivity index (χ3n) is 1.16. The van der Waals surface area contributed by atoms with Crippen LogP contribution in [0.15, 0.2) is 0 Å². The van der Waals surface area contributed by atoms with Crippen LogP contribution in [0.5, 0.6) is 0 Å². The van der Waals surface area contributed by atoms with Gasteiger partial charge in [-0.3, -0.25) is 4.79 Å². The number of carbonyl (C=O) groups is 1. The van der Waals surface area contributed by atoms with Crippen LogP contribution in [-0.4, -0.2) is 17.3 Å². The van der Waals surface area contributed by atoms with E-state index in [-0.39, 0.29) is 16.7 Å². The van der Waals surface area contributed by atoms with E-state index >= 15 is 0 Å². The van der Waals surface area contributed by atoms with Crippen LogP contribution in [0.25, 0.3) is 0 Å². The van der Waals surface area contributed by atoms with Gasteiger partial charge in [-0.1, -0.05) is 15.9 Å². The molecule has 0 aliphatic rings. The van der Waals surface area contributed by atoms with E-state index in [0.717, 1.165) is 0 Å². The Morgan fingerprint density at radius 3 is 2.64 bits per heavy atom. The maximum absolute atomic E-state index is 10.9. The first kappa shape index (κ1) is 10.4. The van der Waals surface area contributed by atoms with Crippen molar-refractivity contribution in [2.24, 2.45) is 5.92 Å². The van der Waals surface area contributed by atoms with Crippen LogP contribution in [0.2, 0.25) is 0 Å². The summed E-state index contributed by atoms with van der Waals surface area (Å²) >= 11 is 3.12. The monoisotopic (exact) mass is 218 g/mol. The number of nitrogens with one attached hydrogen (secondary N) is 1. The van der Waals surface area contributed by atoms with Gasteiger partial charge in [0.15, 0.2) is 0 Å². The molecule has 1 N–H and O–H groups in total. The highest BCUT2D eigenvalue weighted by atomic mass is 79.9. The van der Waals surface area contributed by atoms with Gasteiger partial charge in [-0.25, -0.2) is 0 Å². The maximum Gasteiger partial charge on any atom is 0.233 e. The molecule has 2 atom stereocenters. The first-order valence-corrected chi connectivity index (χ1v) is 4.31. The van der Waals surface area contributed by atoms with Crippen LogP contribution in [0.1, 0.15) is 13.8 Å². The van der Waals surface area contributed by atoms with Crippen LogP contribution in [-0.2, 0) is 4.79 Å². The minimum Gasteiger partial charge on any atom is -0.354 e. The molecule has 0 aromatic heterocycles. The smallest absolute Gasteiger partial charge is 0.233 e. The van der Waals surface area contributed by atoms with Crippen LogP contribution >= 0.6 is 15.9 Å². The molecule has 0 aromatic carbocycles. The van der Waals surface area contributed by atoms with Gasteiger partial charge in [-0.2, -0.15) is 5.26 Å². The molecule has 0 spiro atoms. The van der Waals surface area contributed by atoms with Crippen LogP contribution in [0.4, 0.5) is 0 Å². The summed E-state index contributed by atoms with van der Waals surface area (Å²) in [6, 6.07) is 2.03. The summed E-state index contributed by atoms with van der Waals surface area (Å²) in [6.07, 6.45) is 0. The molecule has 0 aliphatic heterocycles. The highest BCUT2D eigenvalue weighted by Gasteiger charge is 2.08. The summed E-state index contributed by atoms with van der Waals surface area (Å²) in [4.78, 5) is 10.7. The topological polar surface area (TPSA) is 52.9 Å². The summed E-state index contributed by atoms with van der Waals surface area (Å²) in [7, 11) is 0. The van der Waals surface area contributed by atoms with Crippen molar-refractivity contribution in [3.63, 3.8) is 0 Å². The predicted molar refractivity (Wildman–Crippen MR) is 46.2 cm³/mol. The highest BCUT2D eigenvalue weighted by Crippen LogP contribution is 1.97. The Labute approximate surface area is 74.9 Å². The van der Waals surface area contributed by atoms with Gasteiger partial charge in [0.25, 0.3) is 0 Å². The molecular weight excluding hydrogens is 208 g/mol. The average Bonchev–Trinajstić information content (AvgIpc) is 1.99. The first-order valence-electron chi connectivity index (χ1n) is 3.39.